The summed E-state index contributed by atoms with van der Waals surface area (Å²) in [7, 11) is 1.74. The molecule has 1 aromatic rings. The Hall–Kier alpha value is -0.980. The van der Waals surface area contributed by atoms with Crippen molar-refractivity contribution in [1.29, 1.82) is 0 Å². The molecule has 0 saturated heterocycles. The van der Waals surface area contributed by atoms with Crippen LogP contribution in [0.3, 0.4) is 0 Å². The largest absolute Gasteiger partial charge is 0.497 e. The zero-order valence-corrected chi connectivity index (χ0v) is 11.7. The molecule has 0 fully saturated rings. The van der Waals surface area contributed by atoms with E-state index in [9.17, 15) is 0 Å². The topological polar surface area (TPSA) is 9.23 Å². The Kier molecular flexibility index (Phi) is 6.10. The van der Waals surface area contributed by atoms with E-state index in [0.29, 0.717) is 5.92 Å². The molecule has 0 spiro atoms. The first kappa shape index (κ1) is 14.1. The predicted octanol–water partition coefficient (Wildman–Crippen LogP) is 5.02. The molecule has 0 bridgehead atoms. The van der Waals surface area contributed by atoms with Crippen molar-refractivity contribution in [1.82, 2.24) is 0 Å². The summed E-state index contributed by atoms with van der Waals surface area (Å²) in [5.74, 6) is 2.40. The van der Waals surface area contributed by atoms with Crippen LogP contribution < -0.4 is 4.74 Å². The highest BCUT2D eigenvalue weighted by atomic mass is 16.5. The summed E-state index contributed by atoms with van der Waals surface area (Å²) in [4.78, 5) is 0. The van der Waals surface area contributed by atoms with Gasteiger partial charge in [-0.25, -0.2) is 0 Å². The van der Waals surface area contributed by atoms with Crippen LogP contribution in [0.2, 0.25) is 0 Å². The standard InChI is InChI=1S/C16H26O/c1-5-7-9-13(3)16(6-2)14-10-8-11-15(12-14)17-4/h8,10-13,16H,5-7,9H2,1-4H3. The van der Waals surface area contributed by atoms with Crippen molar-refractivity contribution in [2.45, 2.75) is 52.4 Å². The van der Waals surface area contributed by atoms with E-state index >= 15 is 0 Å². The highest BCUT2D eigenvalue weighted by Crippen LogP contribution is 2.32. The summed E-state index contributed by atoms with van der Waals surface area (Å²) in [5, 5.41) is 0. The van der Waals surface area contributed by atoms with Gasteiger partial charge < -0.3 is 4.74 Å². The van der Waals surface area contributed by atoms with Gasteiger partial charge in [0.25, 0.3) is 0 Å². The monoisotopic (exact) mass is 234 g/mol. The van der Waals surface area contributed by atoms with E-state index < -0.39 is 0 Å². The quantitative estimate of drug-likeness (QED) is 0.644. The Balaban J connectivity index is 2.77. The lowest BCUT2D eigenvalue weighted by atomic mass is 9.82. The number of hydrogen-bond donors (Lipinski definition) is 0. The molecule has 1 rings (SSSR count). The van der Waals surface area contributed by atoms with Crippen LogP contribution in [0, 0.1) is 5.92 Å². The third-order valence-corrected chi connectivity index (χ3v) is 3.66. The maximum Gasteiger partial charge on any atom is 0.119 e. The fourth-order valence-corrected chi connectivity index (χ4v) is 2.57. The van der Waals surface area contributed by atoms with Gasteiger partial charge in [-0.1, -0.05) is 52.2 Å². The average molecular weight is 234 g/mol. The van der Waals surface area contributed by atoms with Crippen LogP contribution in [0.25, 0.3) is 0 Å². The van der Waals surface area contributed by atoms with Gasteiger partial charge in [0.2, 0.25) is 0 Å². The number of unbranched alkanes of at least 4 members (excludes halogenated alkanes) is 1. The van der Waals surface area contributed by atoms with E-state index in [1.54, 1.807) is 7.11 Å². The Morgan fingerprint density at radius 1 is 1.24 bits per heavy atom. The molecule has 0 aliphatic rings. The SMILES string of the molecule is CCCCC(C)C(CC)c1cccc(OC)c1. The van der Waals surface area contributed by atoms with Crippen LogP contribution in [0.15, 0.2) is 24.3 Å². The first-order chi connectivity index (χ1) is 8.22. The number of ether oxygens (including phenoxy) is 1. The third-order valence-electron chi connectivity index (χ3n) is 3.66. The van der Waals surface area contributed by atoms with Crippen LogP contribution in [0.5, 0.6) is 5.75 Å². The zero-order chi connectivity index (χ0) is 12.7. The van der Waals surface area contributed by atoms with Gasteiger partial charge in [-0.2, -0.15) is 0 Å². The smallest absolute Gasteiger partial charge is 0.119 e. The van der Waals surface area contributed by atoms with Crippen molar-refractivity contribution < 1.29 is 4.74 Å². The third kappa shape index (κ3) is 4.07. The molecule has 0 N–H and O–H groups in total. The highest BCUT2D eigenvalue weighted by Gasteiger charge is 2.17. The molecule has 0 saturated carbocycles. The van der Waals surface area contributed by atoms with E-state index in [2.05, 4.69) is 39.0 Å². The fraction of sp³-hybridized carbons (Fsp3) is 0.625. The summed E-state index contributed by atoms with van der Waals surface area (Å²) in [5.41, 5.74) is 1.43. The fourth-order valence-electron chi connectivity index (χ4n) is 2.57. The van der Waals surface area contributed by atoms with Crippen molar-refractivity contribution in [2.24, 2.45) is 5.92 Å². The Labute approximate surface area is 106 Å². The Bertz CT molecular complexity index is 319. The van der Waals surface area contributed by atoms with Crippen molar-refractivity contribution in [3.05, 3.63) is 29.8 Å². The molecule has 96 valence electrons. The maximum absolute atomic E-state index is 5.31. The lowest BCUT2D eigenvalue weighted by Crippen LogP contribution is -2.09. The number of benzene rings is 1. The van der Waals surface area contributed by atoms with Gasteiger partial charge in [-0.05, 0) is 36.0 Å². The van der Waals surface area contributed by atoms with Crippen LogP contribution >= 0.6 is 0 Å². The molecule has 1 nitrogen and oxygen atoms in total. The van der Waals surface area contributed by atoms with Crippen molar-refractivity contribution >= 4 is 0 Å². The number of rotatable bonds is 7. The van der Waals surface area contributed by atoms with Crippen molar-refractivity contribution in [3.8, 4) is 5.75 Å². The lowest BCUT2D eigenvalue weighted by molar-refractivity contribution is 0.397. The minimum Gasteiger partial charge on any atom is -0.497 e. The second-order valence-electron chi connectivity index (χ2n) is 4.91. The molecule has 0 aliphatic carbocycles. The summed E-state index contributed by atoms with van der Waals surface area (Å²) in [6.45, 7) is 6.93. The molecule has 0 radical (unpaired) electrons. The normalized spacial score (nSPS) is 14.4. The van der Waals surface area contributed by atoms with Gasteiger partial charge in [-0.3, -0.25) is 0 Å². The zero-order valence-electron chi connectivity index (χ0n) is 11.7. The molecular weight excluding hydrogens is 208 g/mol. The Morgan fingerprint density at radius 3 is 2.59 bits per heavy atom. The van der Waals surface area contributed by atoms with Gasteiger partial charge in [0, 0.05) is 0 Å². The second kappa shape index (κ2) is 7.37. The van der Waals surface area contributed by atoms with Gasteiger partial charge in [0.05, 0.1) is 7.11 Å². The summed E-state index contributed by atoms with van der Waals surface area (Å²) in [6.07, 6.45) is 5.16. The molecule has 0 aromatic heterocycles. The van der Waals surface area contributed by atoms with E-state index in [1.807, 2.05) is 6.07 Å². The molecule has 0 amide bonds. The van der Waals surface area contributed by atoms with Crippen LogP contribution in [0.4, 0.5) is 0 Å². The van der Waals surface area contributed by atoms with E-state index in [1.165, 1.54) is 31.2 Å². The van der Waals surface area contributed by atoms with Crippen molar-refractivity contribution in [3.63, 3.8) is 0 Å². The first-order valence-corrected chi connectivity index (χ1v) is 6.86. The minimum absolute atomic E-state index is 0.664. The van der Waals surface area contributed by atoms with Gasteiger partial charge in [0.1, 0.15) is 5.75 Å². The molecule has 2 atom stereocenters. The van der Waals surface area contributed by atoms with Crippen LogP contribution in [0.1, 0.15) is 57.9 Å². The van der Waals surface area contributed by atoms with E-state index in [4.69, 9.17) is 4.74 Å². The number of hydrogen-bond acceptors (Lipinski definition) is 1. The van der Waals surface area contributed by atoms with Crippen LogP contribution in [-0.4, -0.2) is 7.11 Å². The molecule has 2 unspecified atom stereocenters. The molecule has 0 aliphatic heterocycles. The molecule has 0 heterocycles. The second-order valence-corrected chi connectivity index (χ2v) is 4.91. The first-order valence-electron chi connectivity index (χ1n) is 6.86. The Morgan fingerprint density at radius 2 is 2.00 bits per heavy atom. The van der Waals surface area contributed by atoms with Gasteiger partial charge in [-0.15, -0.1) is 0 Å². The summed E-state index contributed by atoms with van der Waals surface area (Å²) >= 11 is 0. The van der Waals surface area contributed by atoms with E-state index in [0.717, 1.165) is 11.7 Å². The number of methoxy groups -OCH3 is 1. The van der Waals surface area contributed by atoms with E-state index in [-0.39, 0.29) is 0 Å². The average Bonchev–Trinajstić information content (AvgIpc) is 2.37. The van der Waals surface area contributed by atoms with Gasteiger partial charge >= 0.3 is 0 Å². The lowest BCUT2D eigenvalue weighted by Gasteiger charge is -2.23. The minimum atomic E-state index is 0.664. The van der Waals surface area contributed by atoms with Crippen LogP contribution in [-0.2, 0) is 0 Å². The summed E-state index contributed by atoms with van der Waals surface area (Å²) < 4.78 is 5.31. The highest BCUT2D eigenvalue weighted by molar-refractivity contribution is 5.31. The molecule has 1 aromatic carbocycles. The van der Waals surface area contributed by atoms with Crippen molar-refractivity contribution in [2.75, 3.05) is 7.11 Å². The molecular formula is C16H26O. The predicted molar refractivity (Wildman–Crippen MR) is 74.7 cm³/mol. The molecule has 1 heteroatoms. The maximum atomic E-state index is 5.31. The summed E-state index contributed by atoms with van der Waals surface area (Å²) in [6, 6.07) is 8.55. The molecule has 17 heavy (non-hydrogen) atoms. The van der Waals surface area contributed by atoms with Gasteiger partial charge in [0.15, 0.2) is 0 Å².